The predicted octanol–water partition coefficient (Wildman–Crippen LogP) is 3.78. The zero-order chi connectivity index (χ0) is 24.5. The molecule has 35 heavy (non-hydrogen) atoms. The number of benzene rings is 2. The number of rotatable bonds is 9. The van der Waals surface area contributed by atoms with E-state index in [0.29, 0.717) is 17.9 Å². The van der Waals surface area contributed by atoms with E-state index in [9.17, 15) is 14.7 Å². The molecular formula is C27H27N5O3. The number of nitrogens with zero attached hydrogens (tertiary/aromatic N) is 3. The van der Waals surface area contributed by atoms with Crippen LogP contribution in [0.4, 0.5) is 0 Å². The van der Waals surface area contributed by atoms with E-state index in [2.05, 4.69) is 33.8 Å². The lowest BCUT2D eigenvalue weighted by Crippen LogP contribution is -2.14. The summed E-state index contributed by atoms with van der Waals surface area (Å²) in [6, 6.07) is 17.4. The summed E-state index contributed by atoms with van der Waals surface area (Å²) in [7, 11) is 0. The van der Waals surface area contributed by atoms with Gasteiger partial charge in [0.25, 0.3) is 0 Å². The van der Waals surface area contributed by atoms with Crippen LogP contribution in [0.2, 0.25) is 0 Å². The first-order chi connectivity index (χ1) is 17.0. The normalized spacial score (nSPS) is 13.2. The average Bonchev–Trinajstić information content (AvgIpc) is 3.43. The monoisotopic (exact) mass is 469 g/mol. The maximum absolute atomic E-state index is 11.7. The highest BCUT2D eigenvalue weighted by Gasteiger charge is 2.28. The summed E-state index contributed by atoms with van der Waals surface area (Å²) in [4.78, 5) is 27.5. The van der Waals surface area contributed by atoms with Gasteiger partial charge in [0.2, 0.25) is 5.91 Å². The molecule has 0 radical (unpaired) electrons. The van der Waals surface area contributed by atoms with Crippen molar-refractivity contribution in [2.24, 2.45) is 11.5 Å². The van der Waals surface area contributed by atoms with Crippen molar-refractivity contribution >= 4 is 11.9 Å². The smallest absolute Gasteiger partial charge is 0.303 e. The Morgan fingerprint density at radius 1 is 1.06 bits per heavy atom. The van der Waals surface area contributed by atoms with Crippen molar-refractivity contribution in [1.82, 2.24) is 14.1 Å². The van der Waals surface area contributed by atoms with E-state index in [1.807, 2.05) is 35.2 Å². The lowest BCUT2D eigenvalue weighted by atomic mass is 10.1. The molecule has 1 saturated carbocycles. The summed E-state index contributed by atoms with van der Waals surface area (Å²) in [6.45, 7) is 0.204. The molecule has 1 fully saturated rings. The van der Waals surface area contributed by atoms with Crippen molar-refractivity contribution in [3.63, 3.8) is 0 Å². The summed E-state index contributed by atoms with van der Waals surface area (Å²) >= 11 is 0. The van der Waals surface area contributed by atoms with Gasteiger partial charge in [-0.1, -0.05) is 12.1 Å². The second-order valence-corrected chi connectivity index (χ2v) is 8.83. The van der Waals surface area contributed by atoms with Gasteiger partial charge in [0.15, 0.2) is 0 Å². The molecule has 2 heterocycles. The number of nitrogens with two attached hydrogens (primary N) is 2. The molecule has 5 rings (SSSR count). The molecule has 8 heteroatoms. The summed E-state index contributed by atoms with van der Waals surface area (Å²) < 4.78 is 4.16. The Labute approximate surface area is 202 Å². The summed E-state index contributed by atoms with van der Waals surface area (Å²) in [5, 5.41) is 9.26. The Hall–Kier alpha value is -4.17. The number of aryl methyl sites for hydroxylation is 1. The van der Waals surface area contributed by atoms with Crippen LogP contribution in [-0.2, 0) is 17.8 Å². The molecule has 0 spiro atoms. The Bertz CT molecular complexity index is 1400. The van der Waals surface area contributed by atoms with E-state index in [-0.39, 0.29) is 13.0 Å². The molecule has 4 aromatic rings. The first-order valence-electron chi connectivity index (χ1n) is 11.7. The fourth-order valence-electron chi connectivity index (χ4n) is 4.51. The number of aromatic nitrogens is 3. The van der Waals surface area contributed by atoms with E-state index < -0.39 is 11.9 Å². The van der Waals surface area contributed by atoms with Crippen molar-refractivity contribution in [2.75, 3.05) is 0 Å². The van der Waals surface area contributed by atoms with Gasteiger partial charge in [0.1, 0.15) is 5.82 Å². The summed E-state index contributed by atoms with van der Waals surface area (Å²) in [5.41, 5.74) is 17.2. The van der Waals surface area contributed by atoms with E-state index in [0.717, 1.165) is 39.7 Å². The number of carboxylic acids is 1. The van der Waals surface area contributed by atoms with E-state index in [4.69, 9.17) is 11.5 Å². The predicted molar refractivity (Wildman–Crippen MR) is 133 cm³/mol. The van der Waals surface area contributed by atoms with Crippen LogP contribution in [-0.4, -0.2) is 31.1 Å². The number of carboxylic acid groups (broad SMARTS) is 1. The van der Waals surface area contributed by atoms with Crippen molar-refractivity contribution in [2.45, 2.75) is 38.1 Å². The first kappa shape index (κ1) is 22.6. The molecule has 178 valence electrons. The molecule has 0 unspecified atom stereocenters. The second kappa shape index (κ2) is 9.23. The van der Waals surface area contributed by atoms with Crippen LogP contribution in [0.15, 0.2) is 67.0 Å². The Kier molecular flexibility index (Phi) is 5.96. The standard InChI is InChI=1S/C27H27N5O3/c28-16-20-15-19(26(29)35)5-10-24(20)32-22(9-12-25(33)34)8-11-23(32)17-3-6-21(7-4-17)31-14-13-30-27(31)18-1-2-18/h3-8,10-11,13-15,18H,1-2,9,12,16,28H2,(H2,29,35)(H,33,34). The largest absolute Gasteiger partial charge is 0.481 e. The number of hydrogen-bond acceptors (Lipinski definition) is 4. The quantitative estimate of drug-likeness (QED) is 0.344. The Balaban J connectivity index is 1.57. The lowest BCUT2D eigenvalue weighted by molar-refractivity contribution is -0.136. The Morgan fingerprint density at radius 3 is 2.49 bits per heavy atom. The third-order valence-corrected chi connectivity index (χ3v) is 6.43. The second-order valence-electron chi connectivity index (χ2n) is 8.83. The van der Waals surface area contributed by atoms with Crippen LogP contribution in [0.25, 0.3) is 22.6 Å². The van der Waals surface area contributed by atoms with E-state index in [1.54, 1.807) is 12.1 Å². The molecule has 1 aliphatic carbocycles. The van der Waals surface area contributed by atoms with Gasteiger partial charge < -0.3 is 25.7 Å². The molecule has 1 amide bonds. The van der Waals surface area contributed by atoms with Gasteiger partial charge in [0.05, 0.1) is 17.8 Å². The van der Waals surface area contributed by atoms with Crippen LogP contribution in [0, 0.1) is 0 Å². The number of aliphatic carboxylic acids is 1. The van der Waals surface area contributed by atoms with Crippen molar-refractivity contribution in [3.05, 3.63) is 89.6 Å². The number of primary amides is 1. The van der Waals surface area contributed by atoms with Gasteiger partial charge in [-0.15, -0.1) is 0 Å². The number of hydrogen-bond donors (Lipinski definition) is 3. The van der Waals surface area contributed by atoms with Crippen molar-refractivity contribution in [1.29, 1.82) is 0 Å². The minimum absolute atomic E-state index is 0.00426. The topological polar surface area (TPSA) is 129 Å². The van der Waals surface area contributed by atoms with Gasteiger partial charge in [-0.2, -0.15) is 0 Å². The van der Waals surface area contributed by atoms with Gasteiger partial charge in [-0.05, 0) is 72.9 Å². The van der Waals surface area contributed by atoms with Gasteiger partial charge in [-0.3, -0.25) is 9.59 Å². The third kappa shape index (κ3) is 4.48. The zero-order valence-corrected chi connectivity index (χ0v) is 19.2. The van der Waals surface area contributed by atoms with Crippen LogP contribution in [0.3, 0.4) is 0 Å². The minimum atomic E-state index is -0.862. The molecule has 8 nitrogen and oxygen atoms in total. The van der Waals surface area contributed by atoms with Crippen molar-refractivity contribution in [3.8, 4) is 22.6 Å². The van der Waals surface area contributed by atoms with E-state index in [1.165, 1.54) is 12.8 Å². The molecule has 5 N–H and O–H groups in total. The molecule has 0 atom stereocenters. The average molecular weight is 470 g/mol. The first-order valence-corrected chi connectivity index (χ1v) is 11.7. The van der Waals surface area contributed by atoms with Crippen LogP contribution in [0.1, 0.15) is 52.6 Å². The zero-order valence-electron chi connectivity index (χ0n) is 19.2. The minimum Gasteiger partial charge on any atom is -0.481 e. The fraction of sp³-hybridized carbons (Fsp3) is 0.222. The van der Waals surface area contributed by atoms with Crippen LogP contribution >= 0.6 is 0 Å². The Morgan fingerprint density at radius 2 is 1.83 bits per heavy atom. The molecule has 0 saturated heterocycles. The maximum Gasteiger partial charge on any atom is 0.303 e. The molecule has 0 aliphatic heterocycles. The molecular weight excluding hydrogens is 442 g/mol. The van der Waals surface area contributed by atoms with Crippen LogP contribution < -0.4 is 11.5 Å². The maximum atomic E-state index is 11.7. The lowest BCUT2D eigenvalue weighted by Gasteiger charge is -2.18. The third-order valence-electron chi connectivity index (χ3n) is 6.43. The van der Waals surface area contributed by atoms with Gasteiger partial charge >= 0.3 is 5.97 Å². The number of amides is 1. The van der Waals surface area contributed by atoms with E-state index >= 15 is 0 Å². The highest BCUT2D eigenvalue weighted by Crippen LogP contribution is 2.40. The number of carbonyl (C=O) groups is 2. The van der Waals surface area contributed by atoms with Gasteiger partial charge in [-0.25, -0.2) is 4.98 Å². The van der Waals surface area contributed by atoms with Gasteiger partial charge in [0, 0.05) is 41.8 Å². The number of imidazole rings is 1. The van der Waals surface area contributed by atoms with Crippen molar-refractivity contribution < 1.29 is 14.7 Å². The molecule has 2 aromatic heterocycles. The molecule has 2 aromatic carbocycles. The van der Waals surface area contributed by atoms with Crippen LogP contribution in [0.5, 0.6) is 0 Å². The highest BCUT2D eigenvalue weighted by molar-refractivity contribution is 5.93. The summed E-state index contributed by atoms with van der Waals surface area (Å²) in [6.07, 6.45) is 6.55. The number of carbonyl (C=O) groups excluding carboxylic acids is 1. The fourth-order valence-corrected chi connectivity index (χ4v) is 4.51. The molecule has 1 aliphatic rings. The summed E-state index contributed by atoms with van der Waals surface area (Å²) in [5.74, 6) is 0.250. The SMILES string of the molecule is NCc1cc(C(N)=O)ccc1-n1c(CCC(=O)O)ccc1-c1ccc(-n2ccnc2C2CC2)cc1. The highest BCUT2D eigenvalue weighted by atomic mass is 16.4. The molecule has 0 bridgehead atoms.